The molecule has 127 valence electrons. The molecule has 1 aromatic carbocycles. The molecule has 1 aromatic rings. The first-order chi connectivity index (χ1) is 11.4. The molecule has 0 N–H and O–H groups in total. The maximum absolute atomic E-state index is 5.79. The zero-order chi connectivity index (χ0) is 15.7. The fourth-order valence-corrected chi connectivity index (χ4v) is 3.11. The van der Waals surface area contributed by atoms with Crippen LogP contribution in [0.4, 0.5) is 0 Å². The Hall–Kier alpha value is -1.26. The highest BCUT2D eigenvalue weighted by Gasteiger charge is 2.11. The van der Waals surface area contributed by atoms with E-state index in [1.54, 1.807) is 0 Å². The van der Waals surface area contributed by atoms with Crippen molar-refractivity contribution in [1.82, 2.24) is 4.90 Å². The van der Waals surface area contributed by atoms with Gasteiger partial charge >= 0.3 is 0 Å². The minimum atomic E-state index is 0.631. The van der Waals surface area contributed by atoms with Crippen LogP contribution in [0.3, 0.4) is 0 Å². The van der Waals surface area contributed by atoms with E-state index in [1.165, 1.54) is 45.3 Å². The Kier molecular flexibility index (Phi) is 6.59. The lowest BCUT2D eigenvalue weighted by molar-refractivity contribution is 0.115. The van der Waals surface area contributed by atoms with Crippen LogP contribution in [-0.4, -0.2) is 44.4 Å². The minimum Gasteiger partial charge on any atom is -0.486 e. The second-order valence-corrected chi connectivity index (χ2v) is 6.30. The lowest BCUT2D eigenvalue weighted by Gasteiger charge is -2.26. The lowest BCUT2D eigenvalue weighted by Crippen LogP contribution is -2.30. The number of benzene rings is 1. The molecule has 0 unspecified atom stereocenters. The van der Waals surface area contributed by atoms with Gasteiger partial charge in [-0.15, -0.1) is 0 Å². The van der Waals surface area contributed by atoms with Gasteiger partial charge in [-0.25, -0.2) is 0 Å². The summed E-state index contributed by atoms with van der Waals surface area (Å²) in [7, 11) is 0. The van der Waals surface area contributed by atoms with Crippen LogP contribution in [0, 0.1) is 6.42 Å². The van der Waals surface area contributed by atoms with Crippen molar-refractivity contribution in [3.05, 3.63) is 30.2 Å². The highest BCUT2D eigenvalue weighted by Crippen LogP contribution is 2.30. The third-order valence-corrected chi connectivity index (χ3v) is 4.44. The van der Waals surface area contributed by atoms with Crippen LogP contribution >= 0.6 is 0 Å². The van der Waals surface area contributed by atoms with Gasteiger partial charge in [-0.1, -0.05) is 6.07 Å². The smallest absolute Gasteiger partial charge is 0.161 e. The number of piperidine rings is 1. The molecule has 1 fully saturated rings. The minimum absolute atomic E-state index is 0.631. The molecule has 4 heteroatoms. The standard InChI is InChI=1S/C19H28NO3/c1-3-9-20(10-4-1)11-5-2-6-12-21-16-17-7-8-18-19(15-17)23-14-13-22-18/h1,7-8,15H,2-6,9-14,16H2. The third-order valence-electron chi connectivity index (χ3n) is 4.44. The van der Waals surface area contributed by atoms with Gasteiger partial charge in [0.25, 0.3) is 0 Å². The van der Waals surface area contributed by atoms with Gasteiger partial charge in [0.2, 0.25) is 0 Å². The van der Waals surface area contributed by atoms with E-state index in [-0.39, 0.29) is 0 Å². The summed E-state index contributed by atoms with van der Waals surface area (Å²) in [6.45, 7) is 6.50. The monoisotopic (exact) mass is 318 g/mol. The van der Waals surface area contributed by atoms with E-state index in [0.717, 1.165) is 30.1 Å². The maximum Gasteiger partial charge on any atom is 0.161 e. The highest BCUT2D eigenvalue weighted by atomic mass is 16.6. The number of likely N-dealkylation sites (tertiary alicyclic amines) is 1. The lowest BCUT2D eigenvalue weighted by atomic mass is 10.1. The predicted molar refractivity (Wildman–Crippen MR) is 90.9 cm³/mol. The fraction of sp³-hybridized carbons (Fsp3) is 0.632. The average molecular weight is 318 g/mol. The van der Waals surface area contributed by atoms with E-state index < -0.39 is 0 Å². The summed E-state index contributed by atoms with van der Waals surface area (Å²) >= 11 is 0. The van der Waals surface area contributed by atoms with Crippen molar-refractivity contribution in [2.24, 2.45) is 0 Å². The van der Waals surface area contributed by atoms with Crippen LogP contribution in [0.25, 0.3) is 0 Å². The van der Waals surface area contributed by atoms with Gasteiger partial charge in [0.1, 0.15) is 13.2 Å². The van der Waals surface area contributed by atoms with E-state index in [9.17, 15) is 0 Å². The summed E-state index contributed by atoms with van der Waals surface area (Å²) in [4.78, 5) is 2.58. The van der Waals surface area contributed by atoms with Crippen LogP contribution in [0.1, 0.15) is 37.7 Å². The van der Waals surface area contributed by atoms with E-state index in [0.29, 0.717) is 19.8 Å². The van der Waals surface area contributed by atoms with E-state index >= 15 is 0 Å². The molecule has 0 saturated carbocycles. The molecule has 1 saturated heterocycles. The maximum atomic E-state index is 5.79. The van der Waals surface area contributed by atoms with Crippen LogP contribution in [0.5, 0.6) is 11.5 Å². The van der Waals surface area contributed by atoms with Crippen LogP contribution in [0.2, 0.25) is 0 Å². The van der Waals surface area contributed by atoms with Crippen molar-refractivity contribution in [3.8, 4) is 11.5 Å². The Morgan fingerprint density at radius 3 is 2.65 bits per heavy atom. The predicted octanol–water partition coefficient (Wildman–Crippen LogP) is 3.44. The summed E-state index contributed by atoms with van der Waals surface area (Å²) in [6, 6.07) is 6.06. The second-order valence-electron chi connectivity index (χ2n) is 6.30. The molecule has 1 radical (unpaired) electrons. The summed E-state index contributed by atoms with van der Waals surface area (Å²) in [5.74, 6) is 1.69. The average Bonchev–Trinajstić information content (AvgIpc) is 2.61. The molecule has 0 aromatic heterocycles. The zero-order valence-electron chi connectivity index (χ0n) is 14.0. The van der Waals surface area contributed by atoms with Gasteiger partial charge in [0.05, 0.1) is 6.61 Å². The summed E-state index contributed by atoms with van der Waals surface area (Å²) in [5, 5.41) is 0. The fourth-order valence-electron chi connectivity index (χ4n) is 3.11. The molecule has 0 atom stereocenters. The number of hydrogen-bond acceptors (Lipinski definition) is 4. The number of rotatable bonds is 8. The molecule has 23 heavy (non-hydrogen) atoms. The molecule has 2 heterocycles. The molecule has 0 spiro atoms. The number of ether oxygens (including phenoxy) is 3. The van der Waals surface area contributed by atoms with Gasteiger partial charge in [-0.2, -0.15) is 0 Å². The first kappa shape index (κ1) is 16.6. The Balaban J connectivity index is 1.25. The van der Waals surface area contributed by atoms with Crippen molar-refractivity contribution < 1.29 is 14.2 Å². The molecular formula is C19H28NO3. The zero-order valence-corrected chi connectivity index (χ0v) is 14.0. The molecule has 2 aliphatic heterocycles. The molecule has 4 nitrogen and oxygen atoms in total. The Morgan fingerprint density at radius 1 is 0.957 bits per heavy atom. The highest BCUT2D eigenvalue weighted by molar-refractivity contribution is 5.43. The molecular weight excluding hydrogens is 290 g/mol. The van der Waals surface area contributed by atoms with Gasteiger partial charge in [0, 0.05) is 6.61 Å². The quantitative estimate of drug-likeness (QED) is 0.687. The van der Waals surface area contributed by atoms with Crippen LogP contribution in [0.15, 0.2) is 18.2 Å². The van der Waals surface area contributed by atoms with Gasteiger partial charge in [-0.3, -0.25) is 0 Å². The molecule has 0 aliphatic carbocycles. The SMILES string of the molecule is [CH]1CCN(CCCCCOCc2ccc3c(c2)OCCO3)CC1. The number of hydrogen-bond donors (Lipinski definition) is 0. The number of fused-ring (bicyclic) bond motifs is 1. The summed E-state index contributed by atoms with van der Waals surface area (Å²) in [5.41, 5.74) is 1.15. The van der Waals surface area contributed by atoms with Crippen molar-refractivity contribution in [2.75, 3.05) is 39.5 Å². The first-order valence-electron chi connectivity index (χ1n) is 8.92. The normalized spacial score (nSPS) is 18.1. The van der Waals surface area contributed by atoms with E-state index in [2.05, 4.69) is 17.4 Å². The first-order valence-corrected chi connectivity index (χ1v) is 8.92. The van der Waals surface area contributed by atoms with Gasteiger partial charge in [0.15, 0.2) is 11.5 Å². The van der Waals surface area contributed by atoms with Crippen molar-refractivity contribution in [3.63, 3.8) is 0 Å². The third kappa shape index (κ3) is 5.40. The summed E-state index contributed by atoms with van der Waals surface area (Å²) < 4.78 is 16.9. The summed E-state index contributed by atoms with van der Waals surface area (Å²) in [6.07, 6.45) is 8.61. The largest absolute Gasteiger partial charge is 0.486 e. The molecule has 2 aliphatic rings. The van der Waals surface area contributed by atoms with E-state index in [4.69, 9.17) is 14.2 Å². The van der Waals surface area contributed by atoms with Crippen molar-refractivity contribution in [2.45, 2.75) is 38.7 Å². The molecule has 0 amide bonds. The van der Waals surface area contributed by atoms with Gasteiger partial charge < -0.3 is 19.1 Å². The Morgan fingerprint density at radius 2 is 1.78 bits per heavy atom. The Bertz CT molecular complexity index is 472. The number of unbranched alkanes of at least 4 members (excludes halogenated alkanes) is 2. The van der Waals surface area contributed by atoms with Crippen molar-refractivity contribution in [1.29, 1.82) is 0 Å². The van der Waals surface area contributed by atoms with Gasteiger partial charge in [-0.05, 0) is 75.9 Å². The molecule has 0 bridgehead atoms. The van der Waals surface area contributed by atoms with Crippen LogP contribution < -0.4 is 9.47 Å². The van der Waals surface area contributed by atoms with Crippen LogP contribution in [-0.2, 0) is 11.3 Å². The molecule has 3 rings (SSSR count). The topological polar surface area (TPSA) is 30.9 Å². The van der Waals surface area contributed by atoms with Crippen molar-refractivity contribution >= 4 is 0 Å². The van der Waals surface area contributed by atoms with E-state index in [1.807, 2.05) is 12.1 Å². The number of nitrogens with zero attached hydrogens (tertiary/aromatic N) is 1. The Labute approximate surface area is 139 Å². The second kappa shape index (κ2) is 9.14.